The molecule has 100 valence electrons. The average molecular weight is 250 g/mol. The van der Waals surface area contributed by atoms with Crippen molar-refractivity contribution in [3.8, 4) is 12.3 Å². The Labute approximate surface area is 109 Å². The SMILES string of the molecule is C#CCCC1(CCCCCCCCC(=O)O)N=N1. The number of nitrogens with zero attached hydrogens (tertiary/aromatic N) is 2. The summed E-state index contributed by atoms with van der Waals surface area (Å²) in [5, 5.41) is 16.7. The standard InChI is InChI=1S/C14H22N2O2/c1-2-3-11-14(15-16-14)12-9-7-5-4-6-8-10-13(17)18/h1H,3-12H2,(H,17,18). The zero-order valence-corrected chi connectivity index (χ0v) is 10.9. The van der Waals surface area contributed by atoms with Crippen LogP contribution >= 0.6 is 0 Å². The summed E-state index contributed by atoms with van der Waals surface area (Å²) in [5.41, 5.74) is -0.129. The lowest BCUT2D eigenvalue weighted by Gasteiger charge is -2.08. The maximum absolute atomic E-state index is 10.3. The van der Waals surface area contributed by atoms with Crippen molar-refractivity contribution in [3.05, 3.63) is 0 Å². The van der Waals surface area contributed by atoms with Crippen LogP contribution in [0.15, 0.2) is 10.2 Å². The maximum atomic E-state index is 10.3. The molecule has 0 fully saturated rings. The van der Waals surface area contributed by atoms with Crippen molar-refractivity contribution in [1.29, 1.82) is 0 Å². The van der Waals surface area contributed by atoms with E-state index in [0.717, 1.165) is 44.9 Å². The summed E-state index contributed by atoms with van der Waals surface area (Å²) in [4.78, 5) is 10.3. The van der Waals surface area contributed by atoms with Crippen LogP contribution < -0.4 is 0 Å². The first-order chi connectivity index (χ1) is 8.68. The van der Waals surface area contributed by atoms with Gasteiger partial charge in [0.1, 0.15) is 0 Å². The topological polar surface area (TPSA) is 62.0 Å². The van der Waals surface area contributed by atoms with Gasteiger partial charge in [-0.2, -0.15) is 10.2 Å². The van der Waals surface area contributed by atoms with Crippen LogP contribution in [0, 0.1) is 12.3 Å². The second-order valence-electron chi connectivity index (χ2n) is 4.90. The molecule has 0 aromatic rings. The van der Waals surface area contributed by atoms with Crippen LogP contribution in [0.3, 0.4) is 0 Å². The van der Waals surface area contributed by atoms with Crippen molar-refractivity contribution in [3.63, 3.8) is 0 Å². The molecule has 1 heterocycles. The number of rotatable bonds is 11. The second kappa shape index (κ2) is 7.86. The van der Waals surface area contributed by atoms with Crippen molar-refractivity contribution in [2.75, 3.05) is 0 Å². The van der Waals surface area contributed by atoms with Crippen LogP contribution in [-0.4, -0.2) is 16.7 Å². The molecule has 0 spiro atoms. The molecule has 18 heavy (non-hydrogen) atoms. The highest BCUT2D eigenvalue weighted by Crippen LogP contribution is 2.38. The minimum Gasteiger partial charge on any atom is -0.481 e. The number of terminal acetylenes is 1. The third-order valence-electron chi connectivity index (χ3n) is 3.27. The number of aliphatic carboxylic acids is 1. The second-order valence-corrected chi connectivity index (χ2v) is 4.90. The van der Waals surface area contributed by atoms with E-state index in [0.29, 0.717) is 6.42 Å². The number of carbonyl (C=O) groups is 1. The van der Waals surface area contributed by atoms with E-state index in [1.54, 1.807) is 0 Å². The Hall–Kier alpha value is -1.37. The van der Waals surface area contributed by atoms with Gasteiger partial charge in [0, 0.05) is 19.3 Å². The van der Waals surface area contributed by atoms with Gasteiger partial charge in [-0.25, -0.2) is 0 Å². The van der Waals surface area contributed by atoms with E-state index < -0.39 is 5.97 Å². The number of carboxylic acid groups (broad SMARTS) is 1. The van der Waals surface area contributed by atoms with Crippen molar-refractivity contribution in [1.82, 2.24) is 0 Å². The minimum atomic E-state index is -0.692. The van der Waals surface area contributed by atoms with Crippen molar-refractivity contribution >= 4 is 5.97 Å². The summed E-state index contributed by atoms with van der Waals surface area (Å²) >= 11 is 0. The molecule has 0 atom stereocenters. The molecule has 1 aliphatic heterocycles. The van der Waals surface area contributed by atoms with Gasteiger partial charge in [0.25, 0.3) is 0 Å². The molecular weight excluding hydrogens is 228 g/mol. The number of unbranched alkanes of at least 4 members (excludes halogenated alkanes) is 5. The number of carboxylic acids is 1. The van der Waals surface area contributed by atoms with E-state index in [9.17, 15) is 4.79 Å². The normalized spacial score (nSPS) is 15.3. The molecule has 0 radical (unpaired) electrons. The first kappa shape index (κ1) is 14.7. The third-order valence-corrected chi connectivity index (χ3v) is 3.27. The zero-order valence-electron chi connectivity index (χ0n) is 10.9. The average Bonchev–Trinajstić information content (AvgIpc) is 3.10. The summed E-state index contributed by atoms with van der Waals surface area (Å²) in [7, 11) is 0. The molecule has 0 saturated carbocycles. The molecule has 4 heteroatoms. The highest BCUT2D eigenvalue weighted by atomic mass is 16.4. The first-order valence-electron chi connectivity index (χ1n) is 6.78. The van der Waals surface area contributed by atoms with Crippen LogP contribution in [-0.2, 0) is 4.79 Å². The van der Waals surface area contributed by atoms with Crippen LogP contribution in [0.4, 0.5) is 0 Å². The highest BCUT2D eigenvalue weighted by Gasteiger charge is 2.38. The molecule has 0 amide bonds. The lowest BCUT2D eigenvalue weighted by molar-refractivity contribution is -0.137. The lowest BCUT2D eigenvalue weighted by atomic mass is 9.99. The zero-order chi connectivity index (χ0) is 13.3. The molecular formula is C14H22N2O2. The van der Waals surface area contributed by atoms with Gasteiger partial charge in [0.2, 0.25) is 0 Å². The van der Waals surface area contributed by atoms with Crippen LogP contribution in [0.5, 0.6) is 0 Å². The van der Waals surface area contributed by atoms with Gasteiger partial charge in [0.05, 0.1) is 0 Å². The molecule has 0 aliphatic carbocycles. The third kappa shape index (κ3) is 6.39. The van der Waals surface area contributed by atoms with Crippen molar-refractivity contribution in [2.45, 2.75) is 69.9 Å². The van der Waals surface area contributed by atoms with Crippen LogP contribution in [0.25, 0.3) is 0 Å². The van der Waals surface area contributed by atoms with Gasteiger partial charge in [0.15, 0.2) is 5.66 Å². The summed E-state index contributed by atoms with van der Waals surface area (Å²) < 4.78 is 0. The molecule has 4 nitrogen and oxygen atoms in total. The summed E-state index contributed by atoms with van der Waals surface area (Å²) in [5.74, 6) is 1.94. The van der Waals surface area contributed by atoms with E-state index in [2.05, 4.69) is 16.1 Å². The first-order valence-corrected chi connectivity index (χ1v) is 6.78. The predicted molar refractivity (Wildman–Crippen MR) is 70.2 cm³/mol. The van der Waals surface area contributed by atoms with Gasteiger partial charge in [-0.1, -0.05) is 25.7 Å². The Kier molecular flexibility index (Phi) is 6.42. The lowest BCUT2D eigenvalue weighted by Crippen LogP contribution is -2.09. The molecule has 1 rings (SSSR count). The molecule has 0 unspecified atom stereocenters. The fourth-order valence-corrected chi connectivity index (χ4v) is 2.06. The summed E-state index contributed by atoms with van der Waals surface area (Å²) in [6.07, 6.45) is 14.6. The Morgan fingerprint density at radius 2 is 1.67 bits per heavy atom. The fourth-order valence-electron chi connectivity index (χ4n) is 2.06. The quantitative estimate of drug-likeness (QED) is 0.448. The Bertz CT molecular complexity index is 325. The Balaban J connectivity index is 1.87. The van der Waals surface area contributed by atoms with Crippen molar-refractivity contribution in [2.24, 2.45) is 10.2 Å². The van der Waals surface area contributed by atoms with Gasteiger partial charge in [-0.3, -0.25) is 4.79 Å². The highest BCUT2D eigenvalue weighted by molar-refractivity contribution is 5.66. The van der Waals surface area contributed by atoms with Gasteiger partial charge in [-0.15, -0.1) is 12.3 Å². The van der Waals surface area contributed by atoms with E-state index in [1.165, 1.54) is 12.8 Å². The molecule has 1 aliphatic rings. The largest absolute Gasteiger partial charge is 0.481 e. The number of hydrogen-bond acceptors (Lipinski definition) is 3. The molecule has 1 N–H and O–H groups in total. The van der Waals surface area contributed by atoms with Crippen LogP contribution in [0.1, 0.15) is 64.2 Å². The van der Waals surface area contributed by atoms with Gasteiger partial charge in [-0.05, 0) is 19.3 Å². The molecule has 0 aromatic heterocycles. The van der Waals surface area contributed by atoms with Crippen LogP contribution in [0.2, 0.25) is 0 Å². The smallest absolute Gasteiger partial charge is 0.303 e. The van der Waals surface area contributed by atoms with E-state index in [4.69, 9.17) is 11.5 Å². The summed E-state index contributed by atoms with van der Waals surface area (Å²) in [6.45, 7) is 0. The Morgan fingerprint density at radius 3 is 2.22 bits per heavy atom. The predicted octanol–water partition coefficient (Wildman–Crippen LogP) is 3.77. The Morgan fingerprint density at radius 1 is 1.06 bits per heavy atom. The van der Waals surface area contributed by atoms with Gasteiger partial charge >= 0.3 is 5.97 Å². The molecule has 0 saturated heterocycles. The minimum absolute atomic E-state index is 0.129. The van der Waals surface area contributed by atoms with E-state index in [-0.39, 0.29) is 5.66 Å². The van der Waals surface area contributed by atoms with E-state index in [1.807, 2.05) is 0 Å². The van der Waals surface area contributed by atoms with Gasteiger partial charge < -0.3 is 5.11 Å². The maximum Gasteiger partial charge on any atom is 0.303 e. The van der Waals surface area contributed by atoms with Crippen molar-refractivity contribution < 1.29 is 9.90 Å². The molecule has 0 aromatic carbocycles. The molecule has 0 bridgehead atoms. The fraction of sp³-hybridized carbons (Fsp3) is 0.786. The number of hydrogen-bond donors (Lipinski definition) is 1. The van der Waals surface area contributed by atoms with E-state index >= 15 is 0 Å². The summed E-state index contributed by atoms with van der Waals surface area (Å²) in [6, 6.07) is 0. The monoisotopic (exact) mass is 250 g/mol.